The molecule has 2 unspecified atom stereocenters. The zero-order valence-corrected chi connectivity index (χ0v) is 11.7. The van der Waals surface area contributed by atoms with Crippen LogP contribution in [0.3, 0.4) is 0 Å². The zero-order valence-electron chi connectivity index (χ0n) is 10.2. The molecule has 0 heterocycles. The molecule has 0 aliphatic heterocycles. The average molecular weight is 293 g/mol. The molecule has 1 aliphatic carbocycles. The highest BCUT2D eigenvalue weighted by atomic mass is 35.5. The van der Waals surface area contributed by atoms with E-state index in [1.54, 1.807) is 6.07 Å². The van der Waals surface area contributed by atoms with Crippen molar-refractivity contribution < 1.29 is 0 Å². The van der Waals surface area contributed by atoms with Gasteiger partial charge in [0.15, 0.2) is 0 Å². The molecule has 3 rings (SSSR count). The van der Waals surface area contributed by atoms with Gasteiger partial charge in [-0.2, -0.15) is 0 Å². The third kappa shape index (κ3) is 2.26. The van der Waals surface area contributed by atoms with Gasteiger partial charge in [0, 0.05) is 16.0 Å². The van der Waals surface area contributed by atoms with Crippen LogP contribution in [0, 0.1) is 0 Å². The molecular weight excluding hydrogens is 279 g/mol. The maximum atomic E-state index is 6.28. The number of hydrazine groups is 1. The zero-order chi connectivity index (χ0) is 13.4. The van der Waals surface area contributed by atoms with Crippen molar-refractivity contribution in [1.82, 2.24) is 5.43 Å². The van der Waals surface area contributed by atoms with E-state index in [-0.39, 0.29) is 6.04 Å². The van der Waals surface area contributed by atoms with Crippen LogP contribution in [0.1, 0.15) is 28.7 Å². The molecule has 0 spiro atoms. The summed E-state index contributed by atoms with van der Waals surface area (Å²) in [6.07, 6.45) is 1.02. The number of nitrogens with one attached hydrogen (secondary N) is 1. The summed E-state index contributed by atoms with van der Waals surface area (Å²) in [4.78, 5) is 0. The summed E-state index contributed by atoms with van der Waals surface area (Å²) < 4.78 is 0. The minimum Gasteiger partial charge on any atom is -0.271 e. The maximum absolute atomic E-state index is 6.28. The minimum atomic E-state index is 0.0136. The summed E-state index contributed by atoms with van der Waals surface area (Å²) >= 11 is 12.2. The van der Waals surface area contributed by atoms with Gasteiger partial charge < -0.3 is 0 Å². The molecule has 2 atom stereocenters. The van der Waals surface area contributed by atoms with E-state index in [9.17, 15) is 0 Å². The van der Waals surface area contributed by atoms with E-state index in [2.05, 4.69) is 29.7 Å². The number of hydrogen-bond donors (Lipinski definition) is 2. The first kappa shape index (κ1) is 12.9. The van der Waals surface area contributed by atoms with Gasteiger partial charge in [-0.25, -0.2) is 0 Å². The van der Waals surface area contributed by atoms with Crippen LogP contribution in [0.15, 0.2) is 42.5 Å². The molecule has 0 fully saturated rings. The molecule has 1 aliphatic rings. The first-order valence-electron chi connectivity index (χ1n) is 6.19. The molecule has 0 amide bonds. The predicted molar refractivity (Wildman–Crippen MR) is 79.4 cm³/mol. The largest absolute Gasteiger partial charge is 0.271 e. The Hall–Kier alpha value is -1.06. The summed E-state index contributed by atoms with van der Waals surface area (Å²) in [6, 6.07) is 14.0. The first-order chi connectivity index (χ1) is 9.20. The van der Waals surface area contributed by atoms with Gasteiger partial charge in [-0.3, -0.25) is 11.3 Å². The third-order valence-electron chi connectivity index (χ3n) is 3.77. The van der Waals surface area contributed by atoms with Crippen LogP contribution in [-0.4, -0.2) is 0 Å². The molecule has 0 bridgehead atoms. The number of fused-ring (bicyclic) bond motifs is 1. The Morgan fingerprint density at radius 3 is 2.63 bits per heavy atom. The van der Waals surface area contributed by atoms with Gasteiger partial charge in [0.25, 0.3) is 0 Å². The summed E-state index contributed by atoms with van der Waals surface area (Å²) in [7, 11) is 0. The van der Waals surface area contributed by atoms with Crippen LogP contribution in [0.2, 0.25) is 10.0 Å². The van der Waals surface area contributed by atoms with E-state index in [0.29, 0.717) is 16.0 Å². The summed E-state index contributed by atoms with van der Waals surface area (Å²) in [5.74, 6) is 6.10. The van der Waals surface area contributed by atoms with Crippen LogP contribution in [0.4, 0.5) is 0 Å². The van der Waals surface area contributed by atoms with Gasteiger partial charge in [-0.05, 0) is 35.2 Å². The number of nitrogens with two attached hydrogens (primary N) is 1. The topological polar surface area (TPSA) is 38.0 Å². The van der Waals surface area contributed by atoms with Gasteiger partial charge in [0.2, 0.25) is 0 Å². The second-order valence-electron chi connectivity index (χ2n) is 4.82. The van der Waals surface area contributed by atoms with Crippen LogP contribution in [-0.2, 0) is 6.42 Å². The number of hydrogen-bond acceptors (Lipinski definition) is 2. The Balaban J connectivity index is 1.95. The molecule has 19 heavy (non-hydrogen) atoms. The normalized spacial score (nSPS) is 18.6. The van der Waals surface area contributed by atoms with Crippen molar-refractivity contribution in [3.8, 4) is 0 Å². The average Bonchev–Trinajstić information content (AvgIpc) is 2.37. The summed E-state index contributed by atoms with van der Waals surface area (Å²) in [5, 5.41) is 1.29. The van der Waals surface area contributed by atoms with E-state index in [1.807, 2.05) is 12.1 Å². The lowest BCUT2D eigenvalue weighted by molar-refractivity contribution is 0.419. The first-order valence-corrected chi connectivity index (χ1v) is 6.95. The molecule has 4 heteroatoms. The van der Waals surface area contributed by atoms with Crippen molar-refractivity contribution >= 4 is 23.2 Å². The van der Waals surface area contributed by atoms with Crippen LogP contribution in [0.25, 0.3) is 0 Å². The number of rotatable bonds is 3. The molecule has 2 aromatic carbocycles. The van der Waals surface area contributed by atoms with Crippen molar-refractivity contribution in [2.45, 2.75) is 18.4 Å². The van der Waals surface area contributed by atoms with E-state index in [0.717, 1.165) is 12.0 Å². The predicted octanol–water partition coefficient (Wildman–Crippen LogP) is 3.84. The van der Waals surface area contributed by atoms with E-state index in [4.69, 9.17) is 29.0 Å². The van der Waals surface area contributed by atoms with Crippen molar-refractivity contribution in [2.24, 2.45) is 5.84 Å². The lowest BCUT2D eigenvalue weighted by Gasteiger charge is -2.36. The quantitative estimate of drug-likeness (QED) is 0.666. The standard InChI is InChI=1S/C15H14Cl2N2/c16-10-5-6-12(14(17)8-10)15(19-18)13-7-9-3-1-2-4-11(9)13/h1-6,8,13,15,19H,7,18H2. The van der Waals surface area contributed by atoms with Crippen LogP contribution < -0.4 is 11.3 Å². The Labute approximate surface area is 122 Å². The lowest BCUT2D eigenvalue weighted by atomic mass is 9.72. The highest BCUT2D eigenvalue weighted by Gasteiger charge is 2.33. The third-order valence-corrected chi connectivity index (χ3v) is 4.34. The Kier molecular flexibility index (Phi) is 3.50. The molecule has 98 valence electrons. The van der Waals surface area contributed by atoms with Crippen molar-refractivity contribution in [2.75, 3.05) is 0 Å². The van der Waals surface area contributed by atoms with E-state index in [1.165, 1.54) is 11.1 Å². The Morgan fingerprint density at radius 1 is 1.16 bits per heavy atom. The van der Waals surface area contributed by atoms with Gasteiger partial charge in [-0.1, -0.05) is 53.5 Å². The van der Waals surface area contributed by atoms with Crippen molar-refractivity contribution in [3.63, 3.8) is 0 Å². The highest BCUT2D eigenvalue weighted by molar-refractivity contribution is 6.35. The highest BCUT2D eigenvalue weighted by Crippen LogP contribution is 2.44. The molecule has 0 saturated carbocycles. The maximum Gasteiger partial charge on any atom is 0.0546 e. The van der Waals surface area contributed by atoms with Crippen molar-refractivity contribution in [3.05, 3.63) is 69.2 Å². The van der Waals surface area contributed by atoms with Gasteiger partial charge >= 0.3 is 0 Å². The summed E-state index contributed by atoms with van der Waals surface area (Å²) in [5.41, 5.74) is 6.62. The Morgan fingerprint density at radius 2 is 1.95 bits per heavy atom. The van der Waals surface area contributed by atoms with Crippen LogP contribution in [0.5, 0.6) is 0 Å². The molecular formula is C15H14Cl2N2. The fourth-order valence-corrected chi connectivity index (χ4v) is 3.30. The monoisotopic (exact) mass is 292 g/mol. The molecule has 0 saturated heterocycles. The number of halogens is 2. The smallest absolute Gasteiger partial charge is 0.0546 e. The van der Waals surface area contributed by atoms with Crippen molar-refractivity contribution in [1.29, 1.82) is 0 Å². The Bertz CT molecular complexity index is 613. The molecule has 0 radical (unpaired) electrons. The van der Waals surface area contributed by atoms with Crippen LogP contribution >= 0.6 is 23.2 Å². The van der Waals surface area contributed by atoms with Gasteiger partial charge in [0.05, 0.1) is 6.04 Å². The van der Waals surface area contributed by atoms with E-state index >= 15 is 0 Å². The van der Waals surface area contributed by atoms with Gasteiger partial charge in [-0.15, -0.1) is 0 Å². The fourth-order valence-electron chi connectivity index (χ4n) is 2.77. The fraction of sp³-hybridized carbons (Fsp3) is 0.200. The molecule has 2 nitrogen and oxygen atoms in total. The molecule has 0 aromatic heterocycles. The minimum absolute atomic E-state index is 0.0136. The second kappa shape index (κ2) is 5.14. The molecule has 3 N–H and O–H groups in total. The molecule has 2 aromatic rings. The summed E-state index contributed by atoms with van der Waals surface area (Å²) in [6.45, 7) is 0. The SMILES string of the molecule is NNC(c1ccc(Cl)cc1Cl)C1Cc2ccccc21. The van der Waals surface area contributed by atoms with E-state index < -0.39 is 0 Å². The second-order valence-corrected chi connectivity index (χ2v) is 5.66. The van der Waals surface area contributed by atoms with Gasteiger partial charge in [0.1, 0.15) is 0 Å². The lowest BCUT2D eigenvalue weighted by Crippen LogP contribution is -2.37. The number of benzene rings is 2.